The summed E-state index contributed by atoms with van der Waals surface area (Å²) in [5.74, 6) is 1.49. The molecule has 1 aromatic heterocycles. The number of rotatable bonds is 5. The summed E-state index contributed by atoms with van der Waals surface area (Å²) in [6.45, 7) is 5.91. The number of aromatic nitrogens is 2. The Kier molecular flexibility index (Phi) is 5.18. The van der Waals surface area contributed by atoms with Gasteiger partial charge in [0.15, 0.2) is 5.75 Å². The van der Waals surface area contributed by atoms with Crippen LogP contribution in [0, 0.1) is 6.92 Å². The first-order valence-electron chi connectivity index (χ1n) is 10.8. The highest BCUT2D eigenvalue weighted by molar-refractivity contribution is 6.19. The van der Waals surface area contributed by atoms with Gasteiger partial charge in [0.05, 0.1) is 20.3 Å². The molecule has 0 radical (unpaired) electrons. The number of urea groups is 1. The Morgan fingerprint density at radius 3 is 2.69 bits per heavy atom. The normalized spacial score (nSPS) is 21.0. The topological polar surface area (TPSA) is 83.5 Å². The van der Waals surface area contributed by atoms with Crippen molar-refractivity contribution in [1.29, 1.82) is 0 Å². The van der Waals surface area contributed by atoms with E-state index in [0.29, 0.717) is 43.8 Å². The molecule has 10 nitrogen and oxygen atoms in total. The van der Waals surface area contributed by atoms with Crippen molar-refractivity contribution in [3.63, 3.8) is 0 Å². The fourth-order valence-electron chi connectivity index (χ4n) is 4.57. The van der Waals surface area contributed by atoms with E-state index >= 15 is 0 Å². The second kappa shape index (κ2) is 8.03. The summed E-state index contributed by atoms with van der Waals surface area (Å²) in [5, 5.41) is 0. The number of imidazole rings is 1. The first-order chi connectivity index (χ1) is 15.5. The maximum atomic E-state index is 13.5. The molecule has 1 unspecified atom stereocenters. The van der Waals surface area contributed by atoms with Gasteiger partial charge in [-0.05, 0) is 19.1 Å². The number of methoxy groups -OCH3 is 1. The monoisotopic (exact) mass is 439 g/mol. The molecule has 32 heavy (non-hydrogen) atoms. The molecule has 1 aromatic carbocycles. The number of ether oxygens (including phenoxy) is 2. The van der Waals surface area contributed by atoms with Crippen molar-refractivity contribution >= 4 is 23.7 Å². The van der Waals surface area contributed by atoms with Crippen molar-refractivity contribution in [1.82, 2.24) is 19.3 Å². The van der Waals surface area contributed by atoms with Gasteiger partial charge in [-0.15, -0.1) is 0 Å². The van der Waals surface area contributed by atoms with Crippen molar-refractivity contribution in [2.75, 3.05) is 53.6 Å². The number of likely N-dealkylation sites (N-methyl/N-ethyl adjacent to an activating group) is 1. The van der Waals surface area contributed by atoms with Crippen molar-refractivity contribution in [3.05, 3.63) is 36.2 Å². The number of morpholine rings is 1. The van der Waals surface area contributed by atoms with Crippen LogP contribution in [-0.4, -0.2) is 90.6 Å². The highest BCUT2D eigenvalue weighted by Crippen LogP contribution is 2.33. The molecule has 10 heteroatoms. The van der Waals surface area contributed by atoms with Gasteiger partial charge in [0.1, 0.15) is 17.6 Å². The zero-order valence-electron chi connectivity index (χ0n) is 18.5. The van der Waals surface area contributed by atoms with Gasteiger partial charge in [-0.3, -0.25) is 19.5 Å². The molecule has 3 aliphatic heterocycles. The molecule has 3 aliphatic rings. The van der Waals surface area contributed by atoms with E-state index < -0.39 is 6.04 Å². The lowest BCUT2D eigenvalue weighted by atomic mass is 10.1. The summed E-state index contributed by atoms with van der Waals surface area (Å²) < 4.78 is 14.7. The van der Waals surface area contributed by atoms with Crippen molar-refractivity contribution < 1.29 is 23.6 Å². The number of amides is 3. The molecule has 3 amide bonds. The molecular formula is C22H27N6O4+. The second-order valence-electron chi connectivity index (χ2n) is 8.14. The van der Waals surface area contributed by atoms with E-state index in [-0.39, 0.29) is 11.9 Å². The van der Waals surface area contributed by atoms with Gasteiger partial charge in [-0.25, -0.2) is 9.36 Å². The number of hydrogen-bond acceptors (Lipinski definition) is 6. The van der Waals surface area contributed by atoms with Gasteiger partial charge in [0, 0.05) is 33.2 Å². The zero-order valence-corrected chi connectivity index (χ0v) is 18.5. The lowest BCUT2D eigenvalue weighted by molar-refractivity contribution is -0.676. The average molecular weight is 439 g/mol. The maximum absolute atomic E-state index is 13.5. The van der Waals surface area contributed by atoms with Crippen molar-refractivity contribution in [2.24, 2.45) is 4.99 Å². The number of carbonyl (C=O) groups excluding carboxylic acids is 2. The van der Waals surface area contributed by atoms with Crippen LogP contribution in [0.15, 0.2) is 35.5 Å². The Morgan fingerprint density at radius 2 is 1.94 bits per heavy atom. The number of imide groups is 1. The Balaban J connectivity index is 1.48. The minimum Gasteiger partial charge on any atom is -0.493 e. The Hall–Kier alpha value is -3.24. The number of hydrogen-bond donors (Lipinski definition) is 0. The van der Waals surface area contributed by atoms with E-state index in [1.54, 1.807) is 14.2 Å². The quantitative estimate of drug-likeness (QED) is 0.647. The number of para-hydroxylation sites is 2. The predicted octanol–water partition coefficient (Wildman–Crippen LogP) is 0.893. The number of fused-ring (bicyclic) bond motifs is 3. The second-order valence-corrected chi connectivity index (χ2v) is 8.14. The van der Waals surface area contributed by atoms with E-state index in [1.807, 2.05) is 46.5 Å². The predicted molar refractivity (Wildman–Crippen MR) is 116 cm³/mol. The van der Waals surface area contributed by atoms with Gasteiger partial charge < -0.3 is 9.47 Å². The van der Waals surface area contributed by atoms with E-state index in [9.17, 15) is 9.59 Å². The number of amidine groups is 1. The standard InChI is InChI=1S/C22H27N6O4/c1-15-14-27-18-19(23-21(27)28(15)16-6-4-5-7-17(16)31-3)24(2)22(30)26(20(18)29)9-8-25-10-12-32-13-11-25/h4-7,14,18H,8-13H2,1-3H3/q+1. The van der Waals surface area contributed by atoms with Crippen LogP contribution < -0.4 is 9.30 Å². The van der Waals surface area contributed by atoms with E-state index in [2.05, 4.69) is 4.90 Å². The number of aliphatic imine (C=N–C) groups is 1. The third kappa shape index (κ3) is 3.18. The molecule has 0 N–H and O–H groups in total. The lowest BCUT2D eigenvalue weighted by Crippen LogP contribution is -2.63. The van der Waals surface area contributed by atoms with Gasteiger partial charge >= 0.3 is 12.0 Å². The Labute approximate surface area is 186 Å². The minimum absolute atomic E-state index is 0.249. The van der Waals surface area contributed by atoms with Crippen LogP contribution in [0.2, 0.25) is 0 Å². The molecule has 2 fully saturated rings. The van der Waals surface area contributed by atoms with Crippen LogP contribution in [-0.2, 0) is 9.53 Å². The molecule has 4 heterocycles. The molecular weight excluding hydrogens is 412 g/mol. The smallest absolute Gasteiger partial charge is 0.407 e. The van der Waals surface area contributed by atoms with Gasteiger partial charge in [0.25, 0.3) is 5.91 Å². The molecule has 2 saturated heterocycles. The summed E-state index contributed by atoms with van der Waals surface area (Å²) in [5.41, 5.74) is 1.74. The van der Waals surface area contributed by atoms with Gasteiger partial charge in [-0.1, -0.05) is 17.1 Å². The highest BCUT2D eigenvalue weighted by Gasteiger charge is 2.53. The summed E-state index contributed by atoms with van der Waals surface area (Å²) in [7, 11) is 3.30. The number of nitrogens with zero attached hydrogens (tertiary/aromatic N) is 6. The van der Waals surface area contributed by atoms with Gasteiger partial charge in [0.2, 0.25) is 11.9 Å². The third-order valence-corrected chi connectivity index (χ3v) is 6.28. The first-order valence-corrected chi connectivity index (χ1v) is 10.8. The van der Waals surface area contributed by atoms with E-state index in [4.69, 9.17) is 14.5 Å². The third-order valence-electron chi connectivity index (χ3n) is 6.28. The largest absolute Gasteiger partial charge is 0.493 e. The fraction of sp³-hybridized carbons (Fsp3) is 0.455. The van der Waals surface area contributed by atoms with Crippen LogP contribution in [0.3, 0.4) is 0 Å². The molecule has 0 aliphatic carbocycles. The van der Waals surface area contributed by atoms with E-state index in [0.717, 1.165) is 24.5 Å². The van der Waals surface area contributed by atoms with Crippen molar-refractivity contribution in [3.8, 4) is 11.4 Å². The Bertz CT molecular complexity index is 1100. The SMILES string of the molecule is COc1ccccc1-n1c(C)c[n+]2c1N=C1C2C(=O)N(CCN2CCOCC2)C(=O)N1C. The van der Waals surface area contributed by atoms with Gasteiger partial charge in [-0.2, -0.15) is 4.57 Å². The molecule has 5 rings (SSSR count). The summed E-state index contributed by atoms with van der Waals surface area (Å²) >= 11 is 0. The molecule has 0 saturated carbocycles. The van der Waals surface area contributed by atoms with Crippen LogP contribution in [0.5, 0.6) is 5.75 Å². The molecule has 1 atom stereocenters. The molecule has 2 aromatic rings. The number of benzene rings is 1. The average Bonchev–Trinajstić information content (AvgIpc) is 3.32. The molecule has 0 bridgehead atoms. The van der Waals surface area contributed by atoms with Crippen LogP contribution in [0.25, 0.3) is 5.69 Å². The number of carbonyl (C=O) groups is 2. The van der Waals surface area contributed by atoms with Crippen molar-refractivity contribution in [2.45, 2.75) is 13.0 Å². The summed E-state index contributed by atoms with van der Waals surface area (Å²) in [6, 6.07) is 6.66. The Morgan fingerprint density at radius 1 is 1.19 bits per heavy atom. The first kappa shape index (κ1) is 20.7. The van der Waals surface area contributed by atoms with Crippen LogP contribution in [0.1, 0.15) is 11.7 Å². The zero-order chi connectivity index (χ0) is 22.4. The highest BCUT2D eigenvalue weighted by atomic mass is 16.5. The lowest BCUT2D eigenvalue weighted by Gasteiger charge is -2.35. The van der Waals surface area contributed by atoms with E-state index in [1.165, 1.54) is 9.80 Å². The number of aryl methyl sites for hydroxylation is 1. The minimum atomic E-state index is -0.660. The maximum Gasteiger partial charge on any atom is 0.407 e. The fourth-order valence-corrected chi connectivity index (χ4v) is 4.57. The summed E-state index contributed by atoms with van der Waals surface area (Å²) in [6.07, 6.45) is 1.91. The summed E-state index contributed by atoms with van der Waals surface area (Å²) in [4.78, 5) is 36.3. The molecule has 168 valence electrons. The van der Waals surface area contributed by atoms with Crippen LogP contribution >= 0.6 is 0 Å². The molecule has 0 spiro atoms. The van der Waals surface area contributed by atoms with Crippen LogP contribution in [0.4, 0.5) is 10.7 Å².